The number of hydrogen-bond donors (Lipinski definition) is 6. The average Bonchev–Trinajstić information content (AvgIpc) is 3.79. The molecule has 5 aromatic rings. The Labute approximate surface area is 300 Å². The number of nitrogens with zero attached hydrogens (tertiary/aromatic N) is 2. The summed E-state index contributed by atoms with van der Waals surface area (Å²) in [6, 6.07) is 28.7. The summed E-state index contributed by atoms with van der Waals surface area (Å²) in [6.07, 6.45) is 3.33. The number of rotatable bonds is 8. The van der Waals surface area contributed by atoms with Crippen molar-refractivity contribution in [2.45, 2.75) is 0 Å². The monoisotopic (exact) mass is 742 g/mol. The van der Waals surface area contributed by atoms with E-state index in [9.17, 15) is 14.4 Å². The van der Waals surface area contributed by atoms with Gasteiger partial charge in [0.2, 0.25) is 0 Å². The molecule has 2 aromatic heterocycles. The Morgan fingerprint density at radius 3 is 1.55 bits per heavy atom. The van der Waals surface area contributed by atoms with Crippen molar-refractivity contribution < 1.29 is 34.1 Å². The number of aliphatic hydroxyl groups is 1. The second-order valence-corrected chi connectivity index (χ2v) is 11.6. The summed E-state index contributed by atoms with van der Waals surface area (Å²) in [5.74, 6) is -2.05. The van der Waals surface area contributed by atoms with E-state index < -0.39 is 11.9 Å². The molecule has 0 spiro atoms. The van der Waals surface area contributed by atoms with E-state index in [0.717, 1.165) is 28.4 Å². The molecule has 0 amide bonds. The van der Waals surface area contributed by atoms with Crippen LogP contribution in [0, 0.1) is 0 Å². The van der Waals surface area contributed by atoms with Crippen molar-refractivity contribution in [1.29, 1.82) is 0 Å². The maximum absolute atomic E-state index is 11.2. The van der Waals surface area contributed by atoms with Crippen LogP contribution >= 0.6 is 46.5 Å². The smallest absolute Gasteiger partial charge is 0.352 e. The van der Waals surface area contributed by atoms with Crippen molar-refractivity contribution >= 4 is 96.8 Å². The van der Waals surface area contributed by atoms with Crippen LogP contribution in [0.5, 0.6) is 0 Å². The molecule has 0 aliphatic rings. The van der Waals surface area contributed by atoms with Crippen LogP contribution in [0.3, 0.4) is 0 Å². The first-order valence-electron chi connectivity index (χ1n) is 13.6. The number of thiazole rings is 2. The number of ether oxygens (including phenoxy) is 2. The van der Waals surface area contributed by atoms with Crippen LogP contribution in [0.25, 0.3) is 0 Å². The number of thiocarbonyl (C=S) groups is 1. The fourth-order valence-corrected chi connectivity index (χ4v) is 4.69. The molecule has 0 bridgehead atoms. The van der Waals surface area contributed by atoms with Crippen molar-refractivity contribution in [2.24, 2.45) is 5.73 Å². The van der Waals surface area contributed by atoms with Gasteiger partial charge in [0.05, 0.1) is 26.6 Å². The molecule has 256 valence electrons. The number of para-hydroxylation sites is 3. The Balaban J connectivity index is 0.000000235. The molecule has 49 heavy (non-hydrogen) atoms. The summed E-state index contributed by atoms with van der Waals surface area (Å²) < 4.78 is 8.71. The number of carbonyl (C=O) groups excluding carboxylic acids is 2. The van der Waals surface area contributed by atoms with E-state index in [1.807, 2.05) is 91.0 Å². The number of methoxy groups -OCH3 is 2. The lowest BCUT2D eigenvalue weighted by Crippen LogP contribution is -2.18. The van der Waals surface area contributed by atoms with Gasteiger partial charge in [-0.25, -0.2) is 24.4 Å². The minimum atomic E-state index is -0.950. The van der Waals surface area contributed by atoms with Gasteiger partial charge in [-0.1, -0.05) is 88.9 Å². The third-order valence-corrected chi connectivity index (χ3v) is 7.34. The van der Waals surface area contributed by atoms with Gasteiger partial charge in [0.1, 0.15) is 16.0 Å². The zero-order valence-corrected chi connectivity index (χ0v) is 29.1. The number of carboxylic acid groups (broad SMARTS) is 1. The standard InChI is InChI=1S/C11H10N2O2S.C10H8N2O2S.C7H8N2S.C4H5ClO3/c1-15-10(14)9-7-12-11(16-9)13-8-5-3-2-4-6-8;13-9(14)8-6-11-10(15-8)12-7-4-2-1-3-5-7;8-7(10)9-6-4-2-1-3-5-6;1-8-4(7)3(5)2-6/h2-7H,1H3,(H,12,13);1-6H,(H,11,12)(H,13,14);1-5H,(H3,8,9,10);2,6H,1H3. The molecule has 0 aliphatic heterocycles. The number of esters is 2. The summed E-state index contributed by atoms with van der Waals surface area (Å²) in [7, 11) is 2.53. The van der Waals surface area contributed by atoms with Crippen LogP contribution in [-0.4, -0.2) is 57.4 Å². The number of carbonyl (C=O) groups is 3. The van der Waals surface area contributed by atoms with Gasteiger partial charge in [0.25, 0.3) is 0 Å². The number of hydrogen-bond acceptors (Lipinski definition) is 13. The third-order valence-electron chi connectivity index (χ3n) is 5.19. The van der Waals surface area contributed by atoms with Crippen LogP contribution in [0.4, 0.5) is 27.3 Å². The summed E-state index contributed by atoms with van der Waals surface area (Å²) in [5, 5.41) is 26.9. The highest BCUT2D eigenvalue weighted by molar-refractivity contribution is 7.80. The quantitative estimate of drug-likeness (QED) is 0.0398. The molecule has 13 nitrogen and oxygen atoms in total. The van der Waals surface area contributed by atoms with Crippen LogP contribution in [0.2, 0.25) is 0 Å². The van der Waals surface area contributed by atoms with Gasteiger partial charge in [0.15, 0.2) is 20.4 Å². The Bertz CT molecular complexity index is 1790. The maximum Gasteiger partial charge on any atom is 0.352 e. The third kappa shape index (κ3) is 15.7. The molecule has 0 unspecified atom stereocenters. The van der Waals surface area contributed by atoms with Gasteiger partial charge < -0.3 is 41.4 Å². The highest BCUT2D eigenvalue weighted by atomic mass is 35.5. The molecule has 0 saturated carbocycles. The fourth-order valence-electron chi connectivity index (χ4n) is 3.06. The van der Waals surface area contributed by atoms with E-state index in [2.05, 4.69) is 47.6 Å². The maximum atomic E-state index is 11.2. The Kier molecular flexibility index (Phi) is 17.9. The molecular weight excluding hydrogens is 712 g/mol. The molecular formula is C32H31ClN6O7S3. The van der Waals surface area contributed by atoms with Crippen LogP contribution in [0.15, 0.2) is 115 Å². The number of anilines is 5. The lowest BCUT2D eigenvalue weighted by molar-refractivity contribution is -0.135. The highest BCUT2D eigenvalue weighted by Crippen LogP contribution is 2.23. The fraction of sp³-hybridized carbons (Fsp3) is 0.0625. The van der Waals surface area contributed by atoms with E-state index in [1.54, 1.807) is 0 Å². The molecule has 7 N–H and O–H groups in total. The summed E-state index contributed by atoms with van der Waals surface area (Å²) >= 11 is 12.1. The predicted octanol–water partition coefficient (Wildman–Crippen LogP) is 7.40. The van der Waals surface area contributed by atoms with Gasteiger partial charge in [-0.3, -0.25) is 0 Å². The number of carboxylic acids is 1. The Morgan fingerprint density at radius 1 is 0.776 bits per heavy atom. The zero-order valence-electron chi connectivity index (χ0n) is 25.9. The molecule has 2 heterocycles. The number of halogens is 1. The summed E-state index contributed by atoms with van der Waals surface area (Å²) in [6.45, 7) is 0. The van der Waals surface area contributed by atoms with Gasteiger partial charge in [-0.2, -0.15) is 0 Å². The number of aromatic carboxylic acids is 1. The molecule has 0 saturated heterocycles. The van der Waals surface area contributed by atoms with Gasteiger partial charge in [-0.05, 0) is 48.6 Å². The first-order chi connectivity index (χ1) is 23.6. The highest BCUT2D eigenvalue weighted by Gasteiger charge is 2.10. The minimum absolute atomic E-state index is 0.230. The van der Waals surface area contributed by atoms with Crippen molar-refractivity contribution in [3.05, 3.63) is 124 Å². The Morgan fingerprint density at radius 2 is 1.20 bits per heavy atom. The van der Waals surface area contributed by atoms with E-state index in [4.69, 9.17) is 27.5 Å². The lowest BCUT2D eigenvalue weighted by Gasteiger charge is -2.00. The minimum Gasteiger partial charge on any atom is -0.514 e. The zero-order chi connectivity index (χ0) is 36.0. The van der Waals surface area contributed by atoms with Gasteiger partial charge in [-0.15, -0.1) is 0 Å². The molecule has 0 aliphatic carbocycles. The largest absolute Gasteiger partial charge is 0.514 e. The lowest BCUT2D eigenvalue weighted by atomic mass is 10.3. The van der Waals surface area contributed by atoms with Crippen LogP contribution < -0.4 is 21.7 Å². The first-order valence-corrected chi connectivity index (χ1v) is 16.0. The van der Waals surface area contributed by atoms with Crippen LogP contribution in [-0.2, 0) is 14.3 Å². The van der Waals surface area contributed by atoms with Gasteiger partial charge in [0, 0.05) is 17.1 Å². The Hall–Kier alpha value is -5.55. The molecule has 0 radical (unpaired) electrons. The summed E-state index contributed by atoms with van der Waals surface area (Å²) in [5.41, 5.74) is 8.00. The van der Waals surface area contributed by atoms with E-state index in [0.29, 0.717) is 26.5 Å². The SMILES string of the molecule is COC(=O)C(Cl)=CO.COC(=O)c1cnc(Nc2ccccc2)s1.NC(=S)Nc1ccccc1.O=C(O)c1cnc(Nc2ccccc2)s1. The van der Waals surface area contributed by atoms with Gasteiger partial charge >= 0.3 is 17.9 Å². The molecule has 5 rings (SSSR count). The van der Waals surface area contributed by atoms with Crippen molar-refractivity contribution in [3.8, 4) is 0 Å². The number of nitrogens with two attached hydrogens (primary N) is 1. The number of nitrogens with one attached hydrogen (secondary N) is 3. The van der Waals surface area contributed by atoms with Crippen LogP contribution in [0.1, 0.15) is 19.3 Å². The topological polar surface area (TPSA) is 198 Å². The van der Waals surface area contributed by atoms with E-state index >= 15 is 0 Å². The normalized spacial score (nSPS) is 9.82. The molecule has 0 fully saturated rings. The molecule has 17 heteroatoms. The van der Waals surface area contributed by atoms with Crippen molar-refractivity contribution in [3.63, 3.8) is 0 Å². The van der Waals surface area contributed by atoms with E-state index in [1.165, 1.54) is 38.0 Å². The van der Waals surface area contributed by atoms with Crippen molar-refractivity contribution in [1.82, 2.24) is 9.97 Å². The number of aromatic nitrogens is 2. The number of benzene rings is 3. The second-order valence-electron chi connectivity index (χ2n) is 8.66. The predicted molar refractivity (Wildman–Crippen MR) is 197 cm³/mol. The summed E-state index contributed by atoms with van der Waals surface area (Å²) in [4.78, 5) is 40.7. The second kappa shape index (κ2) is 22.1. The molecule has 3 aromatic carbocycles. The number of aliphatic hydroxyl groups excluding tert-OH is 1. The van der Waals surface area contributed by atoms with Crippen molar-refractivity contribution in [2.75, 3.05) is 30.2 Å². The molecule has 0 atom stereocenters. The first kappa shape index (κ1) is 39.6. The average molecular weight is 743 g/mol. The van der Waals surface area contributed by atoms with E-state index in [-0.39, 0.29) is 15.9 Å².